The molecule has 1 aliphatic heterocycles. The average molecular weight is 507 g/mol. The van der Waals surface area contributed by atoms with Crippen molar-refractivity contribution in [2.24, 2.45) is 0 Å². The Morgan fingerprint density at radius 1 is 1.00 bits per heavy atom. The Morgan fingerprint density at radius 3 is 2.58 bits per heavy atom. The molecule has 1 fully saturated rings. The average Bonchev–Trinajstić information content (AvgIpc) is 2.87. The molecule has 3 amide bonds. The van der Waals surface area contributed by atoms with E-state index in [2.05, 4.69) is 27.8 Å². The standard InChI is InChI=1S/C28H31ClN4O3/c1-19-17-23(22-9-5-10-24(29)27(22)32-19)28(36)33-16-6-14-30-25(34)12-11-21(13-15-31-26(35)18-33)20-7-3-2-4-8-20/h2-5,7-10,17,21H,6,11-16,18H2,1H3,(H,30,34)(H,31,35). The number of pyridine rings is 1. The number of carbonyl (C=O) groups excluding carboxylic acids is 3. The van der Waals surface area contributed by atoms with Crippen LogP contribution in [0.1, 0.15) is 53.2 Å². The summed E-state index contributed by atoms with van der Waals surface area (Å²) in [6.45, 7) is 2.99. The zero-order valence-corrected chi connectivity index (χ0v) is 21.2. The molecule has 0 spiro atoms. The highest BCUT2D eigenvalue weighted by Crippen LogP contribution is 2.27. The third kappa shape index (κ3) is 6.40. The van der Waals surface area contributed by atoms with Crippen molar-refractivity contribution in [2.75, 3.05) is 26.2 Å². The minimum absolute atomic E-state index is 0.000275. The summed E-state index contributed by atoms with van der Waals surface area (Å²) in [5, 5.41) is 7.06. The quantitative estimate of drug-likeness (QED) is 0.544. The lowest BCUT2D eigenvalue weighted by molar-refractivity contribution is -0.123. The van der Waals surface area contributed by atoms with Gasteiger partial charge in [-0.25, -0.2) is 0 Å². The Bertz CT molecular complexity index is 1250. The van der Waals surface area contributed by atoms with Gasteiger partial charge in [0, 0.05) is 37.1 Å². The molecule has 4 rings (SSSR count). The van der Waals surface area contributed by atoms with Crippen molar-refractivity contribution in [3.8, 4) is 0 Å². The summed E-state index contributed by atoms with van der Waals surface area (Å²) in [6, 6.07) is 17.1. The van der Waals surface area contributed by atoms with E-state index in [1.54, 1.807) is 18.2 Å². The van der Waals surface area contributed by atoms with Gasteiger partial charge in [0.05, 0.1) is 22.6 Å². The van der Waals surface area contributed by atoms with Crippen molar-refractivity contribution in [1.29, 1.82) is 0 Å². The van der Waals surface area contributed by atoms with Crippen molar-refractivity contribution < 1.29 is 14.4 Å². The van der Waals surface area contributed by atoms with Crippen LogP contribution in [-0.4, -0.2) is 53.8 Å². The van der Waals surface area contributed by atoms with Crippen molar-refractivity contribution >= 4 is 40.2 Å². The van der Waals surface area contributed by atoms with Crippen LogP contribution in [0.25, 0.3) is 10.9 Å². The number of nitrogens with one attached hydrogen (secondary N) is 2. The van der Waals surface area contributed by atoms with Crippen LogP contribution in [0.2, 0.25) is 5.02 Å². The lowest BCUT2D eigenvalue weighted by Crippen LogP contribution is -2.42. The van der Waals surface area contributed by atoms with Gasteiger partial charge in [0.2, 0.25) is 11.8 Å². The largest absolute Gasteiger partial charge is 0.356 e. The highest BCUT2D eigenvalue weighted by atomic mass is 35.5. The number of rotatable bonds is 2. The summed E-state index contributed by atoms with van der Waals surface area (Å²) in [5.41, 5.74) is 2.85. The number of aromatic nitrogens is 1. The predicted octanol–water partition coefficient (Wildman–Crippen LogP) is 4.23. The van der Waals surface area contributed by atoms with Crippen LogP contribution in [0, 0.1) is 6.92 Å². The maximum atomic E-state index is 13.7. The van der Waals surface area contributed by atoms with Crippen molar-refractivity contribution in [3.05, 3.63) is 76.4 Å². The first-order valence-electron chi connectivity index (χ1n) is 12.4. The van der Waals surface area contributed by atoms with Crippen LogP contribution in [-0.2, 0) is 9.59 Å². The van der Waals surface area contributed by atoms with Gasteiger partial charge in [-0.1, -0.05) is 54.1 Å². The van der Waals surface area contributed by atoms with E-state index < -0.39 is 0 Å². The van der Waals surface area contributed by atoms with Gasteiger partial charge in [-0.15, -0.1) is 0 Å². The first kappa shape index (κ1) is 25.6. The topological polar surface area (TPSA) is 91.4 Å². The molecule has 7 nitrogen and oxygen atoms in total. The first-order valence-corrected chi connectivity index (χ1v) is 12.7. The number of benzene rings is 2. The Hall–Kier alpha value is -3.45. The van der Waals surface area contributed by atoms with E-state index in [0.717, 1.165) is 5.56 Å². The van der Waals surface area contributed by atoms with Crippen molar-refractivity contribution in [2.45, 2.75) is 38.5 Å². The molecule has 8 heteroatoms. The second-order valence-electron chi connectivity index (χ2n) is 9.16. The fraction of sp³-hybridized carbons (Fsp3) is 0.357. The molecule has 2 heterocycles. The number of amides is 3. The third-order valence-corrected chi connectivity index (χ3v) is 6.81. The van der Waals surface area contributed by atoms with Gasteiger partial charge >= 0.3 is 0 Å². The lowest BCUT2D eigenvalue weighted by atomic mass is 9.91. The number of nitrogens with zero attached hydrogens (tertiary/aromatic N) is 2. The summed E-state index contributed by atoms with van der Waals surface area (Å²) in [7, 11) is 0. The van der Waals surface area contributed by atoms with Gasteiger partial charge in [-0.3, -0.25) is 19.4 Å². The van der Waals surface area contributed by atoms with E-state index in [0.29, 0.717) is 72.5 Å². The summed E-state index contributed by atoms with van der Waals surface area (Å²) < 4.78 is 0. The molecule has 1 unspecified atom stereocenters. The molecule has 36 heavy (non-hydrogen) atoms. The Balaban J connectivity index is 1.54. The number of halogens is 1. The number of hydrogen-bond donors (Lipinski definition) is 2. The Morgan fingerprint density at radius 2 is 1.78 bits per heavy atom. The maximum absolute atomic E-state index is 13.7. The van der Waals surface area contributed by atoms with Crippen molar-refractivity contribution in [3.63, 3.8) is 0 Å². The second kappa shape index (κ2) is 12.0. The monoisotopic (exact) mass is 506 g/mol. The van der Waals surface area contributed by atoms with Gasteiger partial charge in [-0.05, 0) is 49.8 Å². The molecule has 0 saturated carbocycles. The minimum atomic E-state index is -0.261. The molecule has 1 saturated heterocycles. The van der Waals surface area contributed by atoms with Gasteiger partial charge in [-0.2, -0.15) is 0 Å². The molecule has 188 valence electrons. The zero-order chi connectivity index (χ0) is 25.5. The highest BCUT2D eigenvalue weighted by Gasteiger charge is 2.23. The molecule has 2 N–H and O–H groups in total. The number of para-hydroxylation sites is 1. The molecule has 1 aliphatic rings. The van der Waals surface area contributed by atoms with Crippen LogP contribution >= 0.6 is 11.6 Å². The zero-order valence-electron chi connectivity index (χ0n) is 20.4. The van der Waals surface area contributed by atoms with E-state index >= 15 is 0 Å². The highest BCUT2D eigenvalue weighted by molar-refractivity contribution is 6.35. The van der Waals surface area contributed by atoms with Crippen LogP contribution < -0.4 is 10.6 Å². The van der Waals surface area contributed by atoms with E-state index in [1.807, 2.05) is 31.2 Å². The minimum Gasteiger partial charge on any atom is -0.356 e. The molecular weight excluding hydrogens is 476 g/mol. The van der Waals surface area contributed by atoms with Crippen LogP contribution in [0.4, 0.5) is 0 Å². The summed E-state index contributed by atoms with van der Waals surface area (Å²) in [4.78, 5) is 45.0. The summed E-state index contributed by atoms with van der Waals surface area (Å²) in [5.74, 6) is -0.304. The number of aryl methyl sites for hydroxylation is 1. The fourth-order valence-corrected chi connectivity index (χ4v) is 4.87. The van der Waals surface area contributed by atoms with E-state index in [9.17, 15) is 14.4 Å². The second-order valence-corrected chi connectivity index (χ2v) is 9.57. The van der Waals surface area contributed by atoms with Gasteiger partial charge in [0.15, 0.2) is 0 Å². The normalized spacial score (nSPS) is 18.3. The smallest absolute Gasteiger partial charge is 0.255 e. The number of hydrogen-bond acceptors (Lipinski definition) is 4. The SMILES string of the molecule is Cc1cc(C(=O)N2CCCNC(=O)CCC(c3ccccc3)CCNC(=O)C2)c2cccc(Cl)c2n1. The fourth-order valence-electron chi connectivity index (χ4n) is 4.65. The van der Waals surface area contributed by atoms with E-state index in [4.69, 9.17) is 11.6 Å². The molecule has 0 aliphatic carbocycles. The van der Waals surface area contributed by atoms with Crippen LogP contribution in [0.3, 0.4) is 0 Å². The Kier molecular flexibility index (Phi) is 8.54. The van der Waals surface area contributed by atoms with E-state index in [-0.39, 0.29) is 30.2 Å². The summed E-state index contributed by atoms with van der Waals surface area (Å²) >= 11 is 6.34. The maximum Gasteiger partial charge on any atom is 0.255 e. The first-order chi connectivity index (χ1) is 17.4. The number of fused-ring (bicyclic) bond motifs is 1. The molecule has 2 aromatic carbocycles. The lowest BCUT2D eigenvalue weighted by Gasteiger charge is -2.24. The van der Waals surface area contributed by atoms with Crippen molar-refractivity contribution in [1.82, 2.24) is 20.5 Å². The van der Waals surface area contributed by atoms with Crippen LogP contribution in [0.15, 0.2) is 54.6 Å². The van der Waals surface area contributed by atoms with Crippen LogP contribution in [0.5, 0.6) is 0 Å². The van der Waals surface area contributed by atoms with Gasteiger partial charge in [0.1, 0.15) is 0 Å². The summed E-state index contributed by atoms with van der Waals surface area (Å²) in [6.07, 6.45) is 2.38. The van der Waals surface area contributed by atoms with Gasteiger partial charge < -0.3 is 15.5 Å². The molecule has 0 bridgehead atoms. The number of carbonyl (C=O) groups is 3. The Labute approximate surface area is 216 Å². The van der Waals surface area contributed by atoms with E-state index in [1.165, 1.54) is 4.90 Å². The molecule has 0 radical (unpaired) electrons. The predicted molar refractivity (Wildman–Crippen MR) is 141 cm³/mol. The third-order valence-electron chi connectivity index (χ3n) is 6.50. The molecule has 3 aromatic rings. The molecular formula is C28H31ClN4O3. The molecule has 1 atom stereocenters. The molecule has 1 aromatic heterocycles. The van der Waals surface area contributed by atoms with Gasteiger partial charge in [0.25, 0.3) is 5.91 Å².